The van der Waals surface area contributed by atoms with Crippen LogP contribution in [0, 0.1) is 0 Å². The van der Waals surface area contributed by atoms with Crippen molar-refractivity contribution in [3.63, 3.8) is 0 Å². The number of aliphatic hydroxyl groups excluding tert-OH is 3. The molecule has 0 unspecified atom stereocenters. The Morgan fingerprint density at radius 1 is 1.45 bits per heavy atom. The van der Waals surface area contributed by atoms with Crippen molar-refractivity contribution in [2.24, 2.45) is 0 Å². The van der Waals surface area contributed by atoms with Crippen molar-refractivity contribution < 1.29 is 20.1 Å². The normalized spacial score (nSPS) is 16.2. The van der Waals surface area contributed by atoms with Gasteiger partial charge in [0.15, 0.2) is 6.23 Å². The minimum Gasteiger partial charge on any atom is -0.394 e. The van der Waals surface area contributed by atoms with Crippen molar-refractivity contribution in [1.82, 2.24) is 14.5 Å². The van der Waals surface area contributed by atoms with E-state index in [1.165, 1.54) is 17.9 Å². The van der Waals surface area contributed by atoms with Crippen LogP contribution < -0.4 is 5.73 Å². The molecule has 8 nitrogen and oxygen atoms in total. The van der Waals surface area contributed by atoms with Gasteiger partial charge in [0, 0.05) is 13.3 Å². The van der Waals surface area contributed by atoms with Crippen LogP contribution in [0.5, 0.6) is 0 Å². The van der Waals surface area contributed by atoms with Gasteiger partial charge in [-0.15, -0.1) is 0 Å². The van der Waals surface area contributed by atoms with Crippen molar-refractivity contribution in [1.29, 1.82) is 0 Å². The maximum atomic E-state index is 10.2. The summed E-state index contributed by atoms with van der Waals surface area (Å²) < 4.78 is 6.17. The lowest BCUT2D eigenvalue weighted by Gasteiger charge is -2.25. The molecule has 0 fully saturated rings. The van der Waals surface area contributed by atoms with Crippen LogP contribution in [0.25, 0.3) is 11.0 Å². The molecule has 2 aromatic heterocycles. The van der Waals surface area contributed by atoms with Gasteiger partial charge in [-0.05, 0) is 6.07 Å². The van der Waals surface area contributed by atoms with Gasteiger partial charge in [-0.25, -0.2) is 4.98 Å². The molecule has 0 spiro atoms. The lowest BCUT2D eigenvalue weighted by Crippen LogP contribution is -2.38. The third-order valence-corrected chi connectivity index (χ3v) is 3.28. The second-order valence-electron chi connectivity index (χ2n) is 4.19. The molecule has 9 heteroatoms. The zero-order valence-electron chi connectivity index (χ0n) is 10.6. The van der Waals surface area contributed by atoms with Gasteiger partial charge >= 0.3 is 0 Å². The highest BCUT2D eigenvalue weighted by Gasteiger charge is 2.28. The molecule has 0 aliphatic heterocycles. The van der Waals surface area contributed by atoms with Gasteiger partial charge in [-0.2, -0.15) is 4.98 Å². The first-order chi connectivity index (χ1) is 9.49. The van der Waals surface area contributed by atoms with Gasteiger partial charge in [0.1, 0.15) is 23.0 Å². The SMILES string of the molecule is CO[C@H](CO)[C@@H](O)[C@@H](O)n1ccc2c(Cl)nc(N)nc21. The Bertz CT molecular complexity index is 601. The Kier molecular flexibility index (Phi) is 4.41. The monoisotopic (exact) mass is 302 g/mol. The topological polar surface area (TPSA) is 127 Å². The van der Waals surface area contributed by atoms with Crippen LogP contribution in [-0.4, -0.2) is 55.8 Å². The number of fused-ring (bicyclic) bond motifs is 1. The number of rotatable bonds is 5. The van der Waals surface area contributed by atoms with Gasteiger partial charge in [0.05, 0.1) is 12.0 Å². The number of hydrogen-bond acceptors (Lipinski definition) is 7. The molecule has 0 amide bonds. The second-order valence-corrected chi connectivity index (χ2v) is 4.55. The van der Waals surface area contributed by atoms with E-state index in [1.54, 1.807) is 6.07 Å². The van der Waals surface area contributed by atoms with Crippen LogP contribution in [0.4, 0.5) is 5.95 Å². The number of nitrogens with zero attached hydrogens (tertiary/aromatic N) is 3. The average Bonchev–Trinajstić information content (AvgIpc) is 2.83. The Balaban J connectivity index is 2.42. The van der Waals surface area contributed by atoms with Gasteiger partial charge in [-0.3, -0.25) is 0 Å². The van der Waals surface area contributed by atoms with Crippen LogP contribution in [0.2, 0.25) is 5.15 Å². The molecule has 0 aromatic carbocycles. The Morgan fingerprint density at radius 2 is 2.15 bits per heavy atom. The number of aliphatic hydroxyl groups is 3. The fourth-order valence-electron chi connectivity index (χ4n) is 1.90. The third kappa shape index (κ3) is 2.56. The number of anilines is 1. The Morgan fingerprint density at radius 3 is 2.75 bits per heavy atom. The number of halogens is 1. The zero-order valence-corrected chi connectivity index (χ0v) is 11.4. The summed E-state index contributed by atoms with van der Waals surface area (Å²) in [5.41, 5.74) is 5.79. The molecular weight excluding hydrogens is 288 g/mol. The average molecular weight is 303 g/mol. The van der Waals surface area contributed by atoms with E-state index in [0.29, 0.717) is 5.39 Å². The van der Waals surface area contributed by atoms with Crippen molar-refractivity contribution in [3.8, 4) is 0 Å². The Hall–Kier alpha value is -1.45. The van der Waals surface area contributed by atoms with Crippen molar-refractivity contribution in [3.05, 3.63) is 17.4 Å². The summed E-state index contributed by atoms with van der Waals surface area (Å²) in [5.74, 6) is -0.0467. The first kappa shape index (κ1) is 14.9. The van der Waals surface area contributed by atoms with Gasteiger partial charge in [0.2, 0.25) is 5.95 Å². The third-order valence-electron chi connectivity index (χ3n) is 3.00. The molecule has 0 aliphatic rings. The van der Waals surface area contributed by atoms with Crippen LogP contribution in [-0.2, 0) is 4.74 Å². The highest BCUT2D eigenvalue weighted by Crippen LogP contribution is 2.26. The molecule has 0 saturated carbocycles. The highest BCUT2D eigenvalue weighted by atomic mass is 35.5. The van der Waals surface area contributed by atoms with Crippen molar-refractivity contribution >= 4 is 28.6 Å². The standard InChI is InChI=1S/C11H15ClN4O4/c1-20-6(4-17)7(18)10(19)16-3-2-5-8(12)14-11(13)15-9(5)16/h2-3,6-7,10,17-19H,4H2,1H3,(H2,13,14,15)/t6-,7-,10-/m1/s1. The molecule has 0 bridgehead atoms. The molecule has 2 rings (SSSR count). The summed E-state index contributed by atoms with van der Waals surface area (Å²) in [6, 6.07) is 1.59. The van der Waals surface area contributed by atoms with Crippen molar-refractivity contribution in [2.75, 3.05) is 19.5 Å². The second kappa shape index (κ2) is 5.90. The minimum absolute atomic E-state index is 0.0467. The van der Waals surface area contributed by atoms with Crippen LogP contribution in [0.1, 0.15) is 6.23 Å². The maximum Gasteiger partial charge on any atom is 0.223 e. The predicted octanol–water partition coefficient (Wildman–Crippen LogP) is -0.474. The summed E-state index contributed by atoms with van der Waals surface area (Å²) in [7, 11) is 1.32. The summed E-state index contributed by atoms with van der Waals surface area (Å²) in [6.45, 7) is -0.439. The van der Waals surface area contributed by atoms with Crippen LogP contribution >= 0.6 is 11.6 Å². The smallest absolute Gasteiger partial charge is 0.223 e. The van der Waals surface area contributed by atoms with Crippen LogP contribution in [0.3, 0.4) is 0 Å². The van der Waals surface area contributed by atoms with Gasteiger partial charge in [-0.1, -0.05) is 11.6 Å². The zero-order chi connectivity index (χ0) is 14.9. The number of ether oxygens (including phenoxy) is 1. The molecule has 2 aromatic rings. The molecular formula is C11H15ClN4O4. The molecule has 20 heavy (non-hydrogen) atoms. The van der Waals surface area contributed by atoms with E-state index in [4.69, 9.17) is 27.2 Å². The molecule has 0 radical (unpaired) electrons. The number of aromatic nitrogens is 3. The summed E-state index contributed by atoms with van der Waals surface area (Å²) in [6.07, 6.45) is -2.18. The van der Waals surface area contributed by atoms with E-state index >= 15 is 0 Å². The fraction of sp³-hybridized carbons (Fsp3) is 0.455. The van der Waals surface area contributed by atoms with E-state index in [2.05, 4.69) is 9.97 Å². The molecule has 2 heterocycles. The molecule has 3 atom stereocenters. The molecule has 0 saturated heterocycles. The summed E-state index contributed by atoms with van der Waals surface area (Å²) >= 11 is 5.92. The highest BCUT2D eigenvalue weighted by molar-refractivity contribution is 6.34. The number of hydrogen-bond donors (Lipinski definition) is 4. The van der Waals surface area contributed by atoms with E-state index in [0.717, 1.165) is 0 Å². The summed E-state index contributed by atoms with van der Waals surface area (Å²) in [4.78, 5) is 7.78. The first-order valence-corrected chi connectivity index (χ1v) is 6.16. The van der Waals surface area contributed by atoms with E-state index in [1.807, 2.05) is 0 Å². The van der Waals surface area contributed by atoms with Gasteiger partial charge < -0.3 is 30.4 Å². The lowest BCUT2D eigenvalue weighted by atomic mass is 10.2. The molecule has 0 aliphatic carbocycles. The van der Waals surface area contributed by atoms with E-state index in [9.17, 15) is 10.2 Å². The quantitative estimate of drug-likeness (QED) is 0.550. The van der Waals surface area contributed by atoms with Crippen molar-refractivity contribution in [2.45, 2.75) is 18.4 Å². The van der Waals surface area contributed by atoms with Crippen LogP contribution in [0.15, 0.2) is 12.3 Å². The molecule has 110 valence electrons. The Labute approximate surface area is 119 Å². The summed E-state index contributed by atoms with van der Waals surface area (Å²) in [5, 5.41) is 29.9. The number of methoxy groups -OCH3 is 1. The fourth-order valence-corrected chi connectivity index (χ4v) is 2.14. The number of nitrogen functional groups attached to an aromatic ring is 1. The van der Waals surface area contributed by atoms with E-state index in [-0.39, 0.29) is 16.7 Å². The largest absolute Gasteiger partial charge is 0.394 e. The number of nitrogens with two attached hydrogens (primary N) is 1. The first-order valence-electron chi connectivity index (χ1n) is 5.79. The predicted molar refractivity (Wildman–Crippen MR) is 72.1 cm³/mol. The van der Waals surface area contributed by atoms with E-state index < -0.39 is 25.0 Å². The maximum absolute atomic E-state index is 10.2. The minimum atomic E-state index is -1.38. The lowest BCUT2D eigenvalue weighted by molar-refractivity contribution is -0.115. The van der Waals surface area contributed by atoms with Gasteiger partial charge in [0.25, 0.3) is 0 Å². The molecule has 5 N–H and O–H groups in total.